The van der Waals surface area contributed by atoms with Crippen molar-refractivity contribution in [3.63, 3.8) is 0 Å². The van der Waals surface area contributed by atoms with Crippen molar-refractivity contribution in [3.05, 3.63) is 11.1 Å². The number of rotatable bonds is 4. The molecule has 0 aliphatic carbocycles. The lowest BCUT2D eigenvalue weighted by molar-refractivity contribution is 0.196. The molecule has 0 radical (unpaired) electrons. The van der Waals surface area contributed by atoms with Gasteiger partial charge in [0.15, 0.2) is 5.13 Å². The van der Waals surface area contributed by atoms with E-state index in [0.717, 1.165) is 25.4 Å². The fraction of sp³-hybridized carbons (Fsp3) is 0.800. The van der Waals surface area contributed by atoms with Gasteiger partial charge in [-0.25, -0.2) is 4.98 Å². The maximum atomic E-state index is 4.57. The number of hydrogen-bond donors (Lipinski definition) is 1. The van der Waals surface area contributed by atoms with Gasteiger partial charge in [0, 0.05) is 43.8 Å². The minimum atomic E-state index is 0.911. The molecule has 1 aromatic heterocycles. The highest BCUT2D eigenvalue weighted by atomic mass is 32.1. The highest BCUT2D eigenvalue weighted by molar-refractivity contribution is 7.15. The zero-order valence-corrected chi connectivity index (χ0v) is 13.3. The summed E-state index contributed by atoms with van der Waals surface area (Å²) >= 11 is 1.86. The molecule has 3 heterocycles. The van der Waals surface area contributed by atoms with Crippen LogP contribution in [0.5, 0.6) is 0 Å². The molecule has 4 nitrogen and oxygen atoms in total. The van der Waals surface area contributed by atoms with E-state index in [0.29, 0.717) is 0 Å². The Labute approximate surface area is 126 Å². The molecule has 2 aliphatic heterocycles. The molecule has 3 rings (SSSR count). The number of aryl methyl sites for hydroxylation is 1. The van der Waals surface area contributed by atoms with Gasteiger partial charge in [0.1, 0.15) is 0 Å². The Kier molecular flexibility index (Phi) is 4.91. The van der Waals surface area contributed by atoms with Gasteiger partial charge in [0.05, 0.1) is 0 Å². The van der Waals surface area contributed by atoms with Crippen molar-refractivity contribution < 1.29 is 0 Å². The summed E-state index contributed by atoms with van der Waals surface area (Å²) in [6.07, 6.45) is 5.86. The fourth-order valence-corrected chi connectivity index (χ4v) is 4.06. The van der Waals surface area contributed by atoms with E-state index in [1.54, 1.807) is 0 Å². The molecule has 0 aromatic carbocycles. The van der Waals surface area contributed by atoms with Crippen molar-refractivity contribution in [1.29, 1.82) is 0 Å². The Morgan fingerprint density at radius 1 is 1.25 bits per heavy atom. The molecule has 0 unspecified atom stereocenters. The summed E-state index contributed by atoms with van der Waals surface area (Å²) < 4.78 is 0. The zero-order valence-electron chi connectivity index (χ0n) is 12.5. The second-order valence-electron chi connectivity index (χ2n) is 5.94. The van der Waals surface area contributed by atoms with Gasteiger partial charge in [-0.05, 0) is 38.3 Å². The quantitative estimate of drug-likeness (QED) is 0.918. The molecule has 0 amide bonds. The van der Waals surface area contributed by atoms with E-state index in [2.05, 4.69) is 27.0 Å². The normalized spacial score (nSPS) is 22.4. The predicted molar refractivity (Wildman–Crippen MR) is 85.7 cm³/mol. The van der Waals surface area contributed by atoms with Gasteiger partial charge >= 0.3 is 0 Å². The molecule has 2 aliphatic rings. The number of nitrogens with one attached hydrogen (secondary N) is 1. The molecule has 20 heavy (non-hydrogen) atoms. The maximum Gasteiger partial charge on any atom is 0.185 e. The van der Waals surface area contributed by atoms with E-state index < -0.39 is 0 Å². The smallest absolute Gasteiger partial charge is 0.185 e. The largest absolute Gasteiger partial charge is 0.346 e. The van der Waals surface area contributed by atoms with E-state index >= 15 is 0 Å². The number of piperazine rings is 1. The highest BCUT2D eigenvalue weighted by Crippen LogP contribution is 2.24. The van der Waals surface area contributed by atoms with Gasteiger partial charge in [-0.15, -0.1) is 11.3 Å². The summed E-state index contributed by atoms with van der Waals surface area (Å²) in [5.74, 6) is 0.911. The lowest BCUT2D eigenvalue weighted by atomic mass is 9.97. The van der Waals surface area contributed by atoms with Gasteiger partial charge < -0.3 is 10.2 Å². The molecule has 1 aromatic rings. The highest BCUT2D eigenvalue weighted by Gasteiger charge is 2.22. The first-order valence-corrected chi connectivity index (χ1v) is 8.79. The minimum Gasteiger partial charge on any atom is -0.346 e. The van der Waals surface area contributed by atoms with Crippen LogP contribution in [0, 0.1) is 5.92 Å². The molecule has 1 N–H and O–H groups in total. The average molecular weight is 294 g/mol. The van der Waals surface area contributed by atoms with Crippen LogP contribution in [0.25, 0.3) is 0 Å². The molecule has 0 saturated carbocycles. The molecule has 0 spiro atoms. The summed E-state index contributed by atoms with van der Waals surface area (Å²) in [4.78, 5) is 11.1. The Morgan fingerprint density at radius 2 is 2.00 bits per heavy atom. The number of thiazole rings is 1. The van der Waals surface area contributed by atoms with Crippen molar-refractivity contribution in [2.75, 3.05) is 50.7 Å². The molecule has 5 heteroatoms. The van der Waals surface area contributed by atoms with Crippen LogP contribution in [0.2, 0.25) is 0 Å². The summed E-state index contributed by atoms with van der Waals surface area (Å²) in [5.41, 5.74) is 0. The summed E-state index contributed by atoms with van der Waals surface area (Å²) in [6, 6.07) is 0. The Balaban J connectivity index is 1.46. The van der Waals surface area contributed by atoms with Crippen molar-refractivity contribution >= 4 is 16.5 Å². The molecular formula is C15H26N4S. The molecule has 2 fully saturated rings. The molecule has 2 saturated heterocycles. The number of piperidine rings is 1. The summed E-state index contributed by atoms with van der Waals surface area (Å²) in [7, 11) is 0. The van der Waals surface area contributed by atoms with Crippen LogP contribution in [0.3, 0.4) is 0 Å². The third-order valence-corrected chi connectivity index (χ3v) is 5.71. The lowest BCUT2D eigenvalue weighted by Crippen LogP contribution is -2.48. The number of aromatic nitrogens is 1. The van der Waals surface area contributed by atoms with Crippen LogP contribution in [0.1, 0.15) is 24.6 Å². The van der Waals surface area contributed by atoms with Crippen LogP contribution in [0.15, 0.2) is 6.20 Å². The van der Waals surface area contributed by atoms with Gasteiger partial charge in [-0.2, -0.15) is 0 Å². The van der Waals surface area contributed by atoms with Crippen molar-refractivity contribution in [1.82, 2.24) is 15.2 Å². The van der Waals surface area contributed by atoms with E-state index in [1.165, 1.54) is 55.6 Å². The zero-order chi connectivity index (χ0) is 13.8. The predicted octanol–water partition coefficient (Wildman–Crippen LogP) is 1.83. The first kappa shape index (κ1) is 14.3. The monoisotopic (exact) mass is 294 g/mol. The van der Waals surface area contributed by atoms with Crippen LogP contribution in [0.4, 0.5) is 5.13 Å². The number of nitrogens with zero attached hydrogens (tertiary/aromatic N) is 3. The van der Waals surface area contributed by atoms with Crippen LogP contribution in [-0.4, -0.2) is 55.7 Å². The molecule has 0 bridgehead atoms. The van der Waals surface area contributed by atoms with Crippen LogP contribution in [-0.2, 0) is 6.42 Å². The molecule has 0 atom stereocenters. The average Bonchev–Trinajstić information content (AvgIpc) is 2.98. The Morgan fingerprint density at radius 3 is 2.65 bits per heavy atom. The van der Waals surface area contributed by atoms with Crippen molar-refractivity contribution in [2.45, 2.75) is 26.2 Å². The first-order chi connectivity index (χ1) is 9.85. The van der Waals surface area contributed by atoms with Gasteiger partial charge in [-0.3, -0.25) is 4.90 Å². The van der Waals surface area contributed by atoms with Crippen molar-refractivity contribution in [2.24, 2.45) is 5.92 Å². The third kappa shape index (κ3) is 3.51. The van der Waals surface area contributed by atoms with E-state index in [9.17, 15) is 0 Å². The number of anilines is 1. The minimum absolute atomic E-state index is 0.911. The van der Waals surface area contributed by atoms with Crippen LogP contribution < -0.4 is 10.2 Å². The van der Waals surface area contributed by atoms with Gasteiger partial charge in [0.25, 0.3) is 0 Å². The summed E-state index contributed by atoms with van der Waals surface area (Å²) in [5, 5.41) is 4.68. The fourth-order valence-electron chi connectivity index (χ4n) is 3.16. The first-order valence-electron chi connectivity index (χ1n) is 7.98. The SMILES string of the molecule is CCc1cnc(N2CCN(CC3CCNCC3)CC2)s1. The second kappa shape index (κ2) is 6.87. The summed E-state index contributed by atoms with van der Waals surface area (Å²) in [6.45, 7) is 10.6. The Hall–Kier alpha value is -0.650. The van der Waals surface area contributed by atoms with E-state index in [4.69, 9.17) is 0 Å². The van der Waals surface area contributed by atoms with Crippen molar-refractivity contribution in [3.8, 4) is 0 Å². The van der Waals surface area contributed by atoms with E-state index in [-0.39, 0.29) is 0 Å². The van der Waals surface area contributed by atoms with E-state index in [1.807, 2.05) is 17.5 Å². The third-order valence-electron chi connectivity index (χ3n) is 4.51. The Bertz CT molecular complexity index is 406. The van der Waals surface area contributed by atoms with Crippen LogP contribution >= 0.6 is 11.3 Å². The van der Waals surface area contributed by atoms with Gasteiger partial charge in [-0.1, -0.05) is 6.92 Å². The molecule has 112 valence electrons. The maximum absolute atomic E-state index is 4.57. The standard InChI is InChI=1S/C15H26N4S/c1-2-14-11-17-15(20-14)19-9-7-18(8-10-19)12-13-3-5-16-6-4-13/h11,13,16H,2-10,12H2,1H3. The lowest BCUT2D eigenvalue weighted by Gasteiger charge is -2.37. The number of hydrogen-bond acceptors (Lipinski definition) is 5. The topological polar surface area (TPSA) is 31.4 Å². The van der Waals surface area contributed by atoms with Gasteiger partial charge in [0.2, 0.25) is 0 Å². The second-order valence-corrected chi connectivity index (χ2v) is 7.04. The molecular weight excluding hydrogens is 268 g/mol.